The lowest BCUT2D eigenvalue weighted by molar-refractivity contribution is -0.136. The van der Waals surface area contributed by atoms with Crippen molar-refractivity contribution >= 4 is 5.91 Å². The van der Waals surface area contributed by atoms with E-state index in [4.69, 9.17) is 4.74 Å². The number of rotatable bonds is 3. The largest absolute Gasteiger partial charge is 0.395 e. The molecule has 92 valence electrons. The standard InChI is InChI=1S/C11H20N2O3/c14-9-10-2-1-3-13(10)8-11(15)12-4-6-16-7-5-12/h10,14H,1-9H2/t10-/m1/s1. The molecule has 0 aromatic heterocycles. The number of morpholine rings is 1. The van der Waals surface area contributed by atoms with Crippen molar-refractivity contribution in [3.8, 4) is 0 Å². The molecule has 16 heavy (non-hydrogen) atoms. The van der Waals surface area contributed by atoms with E-state index in [1.54, 1.807) is 0 Å². The van der Waals surface area contributed by atoms with Crippen molar-refractivity contribution in [1.29, 1.82) is 0 Å². The first-order valence-corrected chi connectivity index (χ1v) is 6.01. The van der Waals surface area contributed by atoms with Gasteiger partial charge in [0.1, 0.15) is 0 Å². The fourth-order valence-electron chi connectivity index (χ4n) is 2.40. The van der Waals surface area contributed by atoms with Crippen LogP contribution in [0.2, 0.25) is 0 Å². The quantitative estimate of drug-likeness (QED) is 0.694. The number of hydrogen-bond acceptors (Lipinski definition) is 4. The SMILES string of the molecule is O=C(CN1CCC[C@@H]1CO)N1CCOCC1. The molecule has 0 bridgehead atoms. The maximum atomic E-state index is 12.0. The average molecular weight is 228 g/mol. The van der Waals surface area contributed by atoms with E-state index in [1.807, 2.05) is 4.90 Å². The van der Waals surface area contributed by atoms with Crippen molar-refractivity contribution in [2.24, 2.45) is 0 Å². The number of nitrogens with zero attached hydrogens (tertiary/aromatic N) is 2. The lowest BCUT2D eigenvalue weighted by Crippen LogP contribution is -2.47. The van der Waals surface area contributed by atoms with Crippen LogP contribution in [0, 0.1) is 0 Å². The topological polar surface area (TPSA) is 53.0 Å². The summed E-state index contributed by atoms with van der Waals surface area (Å²) >= 11 is 0. The van der Waals surface area contributed by atoms with Crippen LogP contribution in [0.3, 0.4) is 0 Å². The van der Waals surface area contributed by atoms with Gasteiger partial charge in [0, 0.05) is 19.1 Å². The number of aliphatic hydroxyl groups excluding tert-OH is 1. The van der Waals surface area contributed by atoms with Crippen molar-refractivity contribution in [2.45, 2.75) is 18.9 Å². The summed E-state index contributed by atoms with van der Waals surface area (Å²) in [4.78, 5) is 15.9. The van der Waals surface area contributed by atoms with E-state index in [-0.39, 0.29) is 18.6 Å². The van der Waals surface area contributed by atoms with Gasteiger partial charge in [-0.25, -0.2) is 0 Å². The lowest BCUT2D eigenvalue weighted by atomic mass is 10.2. The van der Waals surface area contributed by atoms with E-state index < -0.39 is 0 Å². The number of aliphatic hydroxyl groups is 1. The Balaban J connectivity index is 1.81. The Kier molecular flexibility index (Phi) is 4.15. The third kappa shape index (κ3) is 2.72. The highest BCUT2D eigenvalue weighted by Gasteiger charge is 2.27. The zero-order valence-electron chi connectivity index (χ0n) is 9.60. The number of ether oxygens (including phenoxy) is 1. The first-order valence-electron chi connectivity index (χ1n) is 6.01. The lowest BCUT2D eigenvalue weighted by Gasteiger charge is -2.30. The normalized spacial score (nSPS) is 27.3. The summed E-state index contributed by atoms with van der Waals surface area (Å²) in [6, 6.07) is 0.185. The minimum atomic E-state index is 0.163. The van der Waals surface area contributed by atoms with E-state index in [0.29, 0.717) is 32.8 Å². The minimum Gasteiger partial charge on any atom is -0.395 e. The number of carbonyl (C=O) groups is 1. The van der Waals surface area contributed by atoms with Gasteiger partial charge in [0.15, 0.2) is 0 Å². The van der Waals surface area contributed by atoms with Crippen molar-refractivity contribution in [1.82, 2.24) is 9.80 Å². The fraction of sp³-hybridized carbons (Fsp3) is 0.909. The molecule has 2 aliphatic rings. The van der Waals surface area contributed by atoms with Crippen molar-refractivity contribution in [3.05, 3.63) is 0 Å². The third-order valence-electron chi connectivity index (χ3n) is 3.41. The highest BCUT2D eigenvalue weighted by Crippen LogP contribution is 2.16. The minimum absolute atomic E-state index is 0.163. The average Bonchev–Trinajstić information content (AvgIpc) is 2.77. The van der Waals surface area contributed by atoms with Crippen LogP contribution in [0.1, 0.15) is 12.8 Å². The van der Waals surface area contributed by atoms with Crippen molar-refractivity contribution in [3.63, 3.8) is 0 Å². The Labute approximate surface area is 96.0 Å². The Morgan fingerprint density at radius 1 is 1.31 bits per heavy atom. The molecule has 2 fully saturated rings. The molecular formula is C11H20N2O3. The Bertz CT molecular complexity index is 241. The van der Waals surface area contributed by atoms with Gasteiger partial charge in [0.05, 0.1) is 26.4 Å². The van der Waals surface area contributed by atoms with Gasteiger partial charge in [-0.1, -0.05) is 0 Å². The molecule has 0 saturated carbocycles. The second-order valence-corrected chi connectivity index (χ2v) is 4.44. The van der Waals surface area contributed by atoms with Gasteiger partial charge in [0.25, 0.3) is 0 Å². The Hall–Kier alpha value is -0.650. The van der Waals surface area contributed by atoms with Crippen LogP contribution in [0.4, 0.5) is 0 Å². The first kappa shape index (κ1) is 11.8. The molecule has 0 unspecified atom stereocenters. The highest BCUT2D eigenvalue weighted by molar-refractivity contribution is 5.78. The number of hydrogen-bond donors (Lipinski definition) is 1. The van der Waals surface area contributed by atoms with Gasteiger partial charge in [-0.2, -0.15) is 0 Å². The molecule has 2 rings (SSSR count). The molecule has 2 saturated heterocycles. The van der Waals surface area contributed by atoms with Gasteiger partial charge in [0.2, 0.25) is 5.91 Å². The van der Waals surface area contributed by atoms with E-state index >= 15 is 0 Å². The van der Waals surface area contributed by atoms with Crippen LogP contribution in [0.15, 0.2) is 0 Å². The van der Waals surface area contributed by atoms with Crippen LogP contribution in [-0.2, 0) is 9.53 Å². The molecule has 0 aromatic carbocycles. The molecular weight excluding hydrogens is 208 g/mol. The molecule has 0 aliphatic carbocycles. The summed E-state index contributed by atoms with van der Waals surface area (Å²) in [6.07, 6.45) is 2.09. The second kappa shape index (κ2) is 5.61. The second-order valence-electron chi connectivity index (χ2n) is 4.44. The number of carbonyl (C=O) groups excluding carboxylic acids is 1. The van der Waals surface area contributed by atoms with E-state index in [9.17, 15) is 9.90 Å². The van der Waals surface area contributed by atoms with E-state index in [2.05, 4.69) is 4.90 Å². The van der Waals surface area contributed by atoms with Crippen LogP contribution < -0.4 is 0 Å². The van der Waals surface area contributed by atoms with Gasteiger partial charge in [-0.3, -0.25) is 9.69 Å². The third-order valence-corrected chi connectivity index (χ3v) is 3.41. The van der Waals surface area contributed by atoms with Crippen LogP contribution >= 0.6 is 0 Å². The zero-order chi connectivity index (χ0) is 11.4. The van der Waals surface area contributed by atoms with Gasteiger partial charge >= 0.3 is 0 Å². The predicted octanol–water partition coefficient (Wildman–Crippen LogP) is -0.698. The highest BCUT2D eigenvalue weighted by atomic mass is 16.5. The molecule has 2 aliphatic heterocycles. The Morgan fingerprint density at radius 3 is 2.75 bits per heavy atom. The summed E-state index contributed by atoms with van der Waals surface area (Å²) in [5.74, 6) is 0.170. The molecule has 0 radical (unpaired) electrons. The van der Waals surface area contributed by atoms with Crippen molar-refractivity contribution in [2.75, 3.05) is 46.0 Å². The number of amides is 1. The van der Waals surface area contributed by atoms with Crippen molar-refractivity contribution < 1.29 is 14.6 Å². The van der Waals surface area contributed by atoms with Gasteiger partial charge in [-0.05, 0) is 19.4 Å². The van der Waals surface area contributed by atoms with E-state index in [0.717, 1.165) is 19.4 Å². The van der Waals surface area contributed by atoms with Crippen LogP contribution in [-0.4, -0.2) is 72.9 Å². The Morgan fingerprint density at radius 2 is 2.06 bits per heavy atom. The van der Waals surface area contributed by atoms with Gasteiger partial charge < -0.3 is 14.7 Å². The maximum absolute atomic E-state index is 12.0. The summed E-state index contributed by atoms with van der Waals surface area (Å²) in [5, 5.41) is 9.17. The monoisotopic (exact) mass is 228 g/mol. The van der Waals surface area contributed by atoms with Crippen LogP contribution in [0.25, 0.3) is 0 Å². The summed E-state index contributed by atoms with van der Waals surface area (Å²) in [7, 11) is 0. The molecule has 2 heterocycles. The molecule has 0 aromatic rings. The summed E-state index contributed by atoms with van der Waals surface area (Å²) in [6.45, 7) is 4.25. The van der Waals surface area contributed by atoms with E-state index in [1.165, 1.54) is 0 Å². The summed E-state index contributed by atoms with van der Waals surface area (Å²) < 4.78 is 5.21. The molecule has 1 amide bonds. The molecule has 0 spiro atoms. The first-order chi connectivity index (χ1) is 7.81. The number of likely N-dealkylation sites (tertiary alicyclic amines) is 1. The summed E-state index contributed by atoms with van der Waals surface area (Å²) in [5.41, 5.74) is 0. The molecule has 1 N–H and O–H groups in total. The molecule has 5 heteroatoms. The van der Waals surface area contributed by atoms with Crippen LogP contribution in [0.5, 0.6) is 0 Å². The van der Waals surface area contributed by atoms with Gasteiger partial charge in [-0.15, -0.1) is 0 Å². The molecule has 1 atom stereocenters. The zero-order valence-corrected chi connectivity index (χ0v) is 9.60. The maximum Gasteiger partial charge on any atom is 0.236 e. The predicted molar refractivity (Wildman–Crippen MR) is 59.1 cm³/mol. The molecule has 5 nitrogen and oxygen atoms in total. The fourth-order valence-corrected chi connectivity index (χ4v) is 2.40. The smallest absolute Gasteiger partial charge is 0.236 e.